The third-order valence-electron chi connectivity index (χ3n) is 4.67. The monoisotopic (exact) mass is 433 g/mol. The van der Waals surface area contributed by atoms with Crippen LogP contribution in [0.3, 0.4) is 0 Å². The Balaban J connectivity index is 1.43. The van der Waals surface area contributed by atoms with Crippen LogP contribution in [-0.4, -0.2) is 36.5 Å². The molecule has 27 heavy (non-hydrogen) atoms. The van der Waals surface area contributed by atoms with Crippen molar-refractivity contribution in [3.63, 3.8) is 0 Å². The van der Waals surface area contributed by atoms with E-state index in [-0.39, 0.29) is 17.8 Å². The van der Waals surface area contributed by atoms with Crippen LogP contribution >= 0.6 is 15.9 Å². The molecule has 1 fully saturated rings. The molecule has 1 aliphatic heterocycles. The molecular weight excluding hydrogens is 413 g/mol. The first-order valence-corrected chi connectivity index (χ1v) is 9.66. The molecule has 142 valence electrons. The molecule has 2 aromatic carbocycles. The van der Waals surface area contributed by atoms with E-state index in [2.05, 4.69) is 26.6 Å². The second-order valence-corrected chi connectivity index (χ2v) is 7.41. The fourth-order valence-corrected chi connectivity index (χ4v) is 3.52. The number of likely N-dealkylation sites (tertiary alicyclic amines) is 1. The number of hydrogen-bond acceptors (Lipinski definition) is 2. The van der Waals surface area contributed by atoms with Gasteiger partial charge >= 0.3 is 6.03 Å². The van der Waals surface area contributed by atoms with E-state index in [1.165, 1.54) is 24.3 Å². The van der Waals surface area contributed by atoms with Crippen molar-refractivity contribution in [1.82, 2.24) is 10.2 Å². The van der Waals surface area contributed by atoms with E-state index in [9.17, 15) is 14.0 Å². The fourth-order valence-electron chi connectivity index (χ4n) is 3.05. The maximum absolute atomic E-state index is 12.9. The summed E-state index contributed by atoms with van der Waals surface area (Å²) in [5, 5.41) is 5.75. The number of nitrogens with one attached hydrogen (secondary N) is 2. The number of amides is 3. The Labute approximate surface area is 166 Å². The number of halogens is 2. The normalized spacial score (nSPS) is 14.7. The van der Waals surface area contributed by atoms with Gasteiger partial charge in [-0.3, -0.25) is 4.79 Å². The van der Waals surface area contributed by atoms with Crippen LogP contribution < -0.4 is 10.6 Å². The molecule has 0 aromatic heterocycles. The van der Waals surface area contributed by atoms with Crippen molar-refractivity contribution >= 4 is 33.6 Å². The summed E-state index contributed by atoms with van der Waals surface area (Å²) in [5.41, 5.74) is 1.19. The van der Waals surface area contributed by atoms with Gasteiger partial charge in [-0.2, -0.15) is 0 Å². The van der Waals surface area contributed by atoms with Gasteiger partial charge in [-0.05, 0) is 71.1 Å². The van der Waals surface area contributed by atoms with Crippen molar-refractivity contribution in [3.05, 3.63) is 64.4 Å². The molecule has 1 heterocycles. The molecule has 1 saturated heterocycles. The Kier molecular flexibility index (Phi) is 6.45. The number of urea groups is 1. The van der Waals surface area contributed by atoms with E-state index in [4.69, 9.17) is 0 Å². The lowest BCUT2D eigenvalue weighted by atomic mass is 9.97. The molecule has 5 nitrogen and oxygen atoms in total. The van der Waals surface area contributed by atoms with Crippen LogP contribution in [0.15, 0.2) is 53.0 Å². The Bertz CT molecular complexity index is 805. The maximum Gasteiger partial charge on any atom is 0.321 e. The summed E-state index contributed by atoms with van der Waals surface area (Å²) in [6.45, 7) is 1.85. The molecule has 0 spiro atoms. The number of carbonyl (C=O) groups is 2. The smallest absolute Gasteiger partial charge is 0.321 e. The van der Waals surface area contributed by atoms with E-state index in [1.54, 1.807) is 11.0 Å². The number of rotatable bonds is 4. The number of nitrogens with zero attached hydrogens (tertiary/aromatic N) is 1. The molecule has 0 aliphatic carbocycles. The summed E-state index contributed by atoms with van der Waals surface area (Å²) in [6, 6.07) is 12.8. The molecular formula is C20H21BrFN3O2. The van der Waals surface area contributed by atoms with Crippen LogP contribution in [0.2, 0.25) is 0 Å². The third-order valence-corrected chi connectivity index (χ3v) is 5.36. The molecule has 3 rings (SSSR count). The third kappa shape index (κ3) is 5.29. The minimum atomic E-state index is -0.335. The van der Waals surface area contributed by atoms with Gasteiger partial charge in [-0.1, -0.05) is 12.1 Å². The molecule has 3 amide bonds. The molecule has 2 aromatic rings. The lowest BCUT2D eigenvalue weighted by molar-refractivity contribution is 0.0938. The van der Waals surface area contributed by atoms with Gasteiger partial charge in [0.25, 0.3) is 5.91 Å². The first-order chi connectivity index (χ1) is 13.0. The minimum Gasteiger partial charge on any atom is -0.352 e. The van der Waals surface area contributed by atoms with Crippen LogP contribution in [0.25, 0.3) is 0 Å². The number of anilines is 1. The largest absolute Gasteiger partial charge is 0.352 e. The summed E-state index contributed by atoms with van der Waals surface area (Å²) in [6.07, 6.45) is 1.65. The maximum atomic E-state index is 12.9. The Morgan fingerprint density at radius 2 is 1.74 bits per heavy atom. The van der Waals surface area contributed by atoms with E-state index < -0.39 is 0 Å². The first-order valence-electron chi connectivity index (χ1n) is 8.87. The average Bonchev–Trinajstić information content (AvgIpc) is 2.68. The van der Waals surface area contributed by atoms with E-state index in [1.807, 2.05) is 18.2 Å². The Morgan fingerprint density at radius 3 is 2.41 bits per heavy atom. The Hall–Kier alpha value is -2.41. The van der Waals surface area contributed by atoms with Crippen LogP contribution in [0, 0.1) is 11.7 Å². The van der Waals surface area contributed by atoms with E-state index >= 15 is 0 Å². The van der Waals surface area contributed by atoms with Gasteiger partial charge in [0.05, 0.1) is 5.56 Å². The summed E-state index contributed by atoms with van der Waals surface area (Å²) in [4.78, 5) is 26.3. The predicted molar refractivity (Wildman–Crippen MR) is 106 cm³/mol. The van der Waals surface area contributed by atoms with Crippen molar-refractivity contribution < 1.29 is 14.0 Å². The second-order valence-electron chi connectivity index (χ2n) is 6.56. The van der Waals surface area contributed by atoms with Gasteiger partial charge in [0, 0.05) is 29.8 Å². The highest BCUT2D eigenvalue weighted by Gasteiger charge is 2.23. The Morgan fingerprint density at radius 1 is 1.07 bits per heavy atom. The predicted octanol–water partition coefficient (Wildman–Crippen LogP) is 4.26. The average molecular weight is 434 g/mol. The molecule has 0 saturated carbocycles. The van der Waals surface area contributed by atoms with Gasteiger partial charge in [0.1, 0.15) is 5.82 Å². The molecule has 0 radical (unpaired) electrons. The molecule has 0 bridgehead atoms. The van der Waals surface area contributed by atoms with E-state index in [0.29, 0.717) is 36.8 Å². The van der Waals surface area contributed by atoms with Crippen molar-refractivity contribution in [2.75, 3.05) is 25.0 Å². The summed E-state index contributed by atoms with van der Waals surface area (Å²) < 4.78 is 13.7. The van der Waals surface area contributed by atoms with Gasteiger partial charge in [0.15, 0.2) is 0 Å². The zero-order valence-corrected chi connectivity index (χ0v) is 16.3. The fraction of sp³-hybridized carbons (Fsp3) is 0.300. The van der Waals surface area contributed by atoms with Crippen LogP contribution in [0.4, 0.5) is 14.9 Å². The first kappa shape index (κ1) is 19.4. The number of hydrogen-bond donors (Lipinski definition) is 2. The minimum absolute atomic E-state index is 0.0982. The van der Waals surface area contributed by atoms with Gasteiger partial charge in [-0.15, -0.1) is 0 Å². The summed E-state index contributed by atoms with van der Waals surface area (Å²) in [7, 11) is 0. The van der Waals surface area contributed by atoms with E-state index in [0.717, 1.165) is 17.3 Å². The van der Waals surface area contributed by atoms with Crippen molar-refractivity contribution in [2.24, 2.45) is 5.92 Å². The second kappa shape index (κ2) is 8.99. The van der Waals surface area contributed by atoms with Gasteiger partial charge in [0.2, 0.25) is 0 Å². The lowest BCUT2D eigenvalue weighted by Gasteiger charge is -2.32. The molecule has 0 atom stereocenters. The van der Waals surface area contributed by atoms with Crippen molar-refractivity contribution in [2.45, 2.75) is 12.8 Å². The topological polar surface area (TPSA) is 61.4 Å². The van der Waals surface area contributed by atoms with Crippen molar-refractivity contribution in [3.8, 4) is 0 Å². The lowest BCUT2D eigenvalue weighted by Crippen LogP contribution is -2.43. The zero-order valence-electron chi connectivity index (χ0n) is 14.8. The standard InChI is InChI=1S/C20H21BrFN3O2/c21-18-4-2-1-3-17(18)19(26)23-13-14-9-11-25(12-10-14)20(27)24-16-7-5-15(22)6-8-16/h1-8,14H,9-13H2,(H,23,26)(H,24,27). The van der Waals surface area contributed by atoms with Crippen LogP contribution in [-0.2, 0) is 0 Å². The number of carbonyl (C=O) groups excluding carboxylic acids is 2. The zero-order chi connectivity index (χ0) is 19.2. The van der Waals surface area contributed by atoms with Crippen LogP contribution in [0.1, 0.15) is 23.2 Å². The van der Waals surface area contributed by atoms with Crippen LogP contribution in [0.5, 0.6) is 0 Å². The highest BCUT2D eigenvalue weighted by molar-refractivity contribution is 9.10. The number of benzene rings is 2. The highest BCUT2D eigenvalue weighted by Crippen LogP contribution is 2.19. The molecule has 1 aliphatic rings. The molecule has 2 N–H and O–H groups in total. The quantitative estimate of drug-likeness (QED) is 0.756. The molecule has 0 unspecified atom stereocenters. The molecule has 7 heteroatoms. The van der Waals surface area contributed by atoms with Crippen molar-refractivity contribution in [1.29, 1.82) is 0 Å². The summed E-state index contributed by atoms with van der Waals surface area (Å²) in [5.74, 6) is -0.0938. The highest BCUT2D eigenvalue weighted by atomic mass is 79.9. The van der Waals surface area contributed by atoms with Gasteiger partial charge in [-0.25, -0.2) is 9.18 Å². The number of piperidine rings is 1. The van der Waals surface area contributed by atoms with Gasteiger partial charge < -0.3 is 15.5 Å². The summed E-state index contributed by atoms with van der Waals surface area (Å²) >= 11 is 3.39. The SMILES string of the molecule is O=C(NCC1CCN(C(=O)Nc2ccc(F)cc2)CC1)c1ccccc1Br.